The van der Waals surface area contributed by atoms with Gasteiger partial charge in [-0.2, -0.15) is 0 Å². The van der Waals surface area contributed by atoms with Crippen LogP contribution in [0.25, 0.3) is 0 Å². The lowest BCUT2D eigenvalue weighted by Gasteiger charge is -2.12. The van der Waals surface area contributed by atoms with Gasteiger partial charge >= 0.3 is 5.97 Å². The Balaban J connectivity index is 2.03. The molecule has 21 heavy (non-hydrogen) atoms. The third-order valence-corrected chi connectivity index (χ3v) is 4.08. The summed E-state index contributed by atoms with van der Waals surface area (Å²) in [6.45, 7) is 1.91. The predicted molar refractivity (Wildman–Crippen MR) is 82.2 cm³/mol. The Morgan fingerprint density at radius 2 is 2.14 bits per heavy atom. The average Bonchev–Trinajstić information content (AvgIpc) is 2.88. The minimum absolute atomic E-state index is 0.123. The number of carboxylic acids is 1. The first-order chi connectivity index (χ1) is 10.0. The van der Waals surface area contributed by atoms with Gasteiger partial charge in [0.25, 0.3) is 0 Å². The summed E-state index contributed by atoms with van der Waals surface area (Å²) in [5.41, 5.74) is 3.01. The van der Waals surface area contributed by atoms with Crippen LogP contribution in [-0.4, -0.2) is 16.1 Å². The van der Waals surface area contributed by atoms with Gasteiger partial charge in [0.2, 0.25) is 5.88 Å². The number of aromatic nitrogens is 1. The van der Waals surface area contributed by atoms with Gasteiger partial charge in [0.15, 0.2) is 0 Å². The van der Waals surface area contributed by atoms with E-state index in [4.69, 9.17) is 4.74 Å². The van der Waals surface area contributed by atoms with E-state index < -0.39 is 5.97 Å². The number of hydrogen-bond donors (Lipinski definition) is 1. The Labute approximate surface area is 130 Å². The number of halogens is 1. The summed E-state index contributed by atoms with van der Waals surface area (Å²) in [5.74, 6) is -0.221. The number of benzene rings is 1. The van der Waals surface area contributed by atoms with E-state index >= 15 is 0 Å². The van der Waals surface area contributed by atoms with Crippen molar-refractivity contribution in [3.63, 3.8) is 0 Å². The Kier molecular flexibility index (Phi) is 3.68. The molecule has 1 aliphatic rings. The average molecular weight is 348 g/mol. The van der Waals surface area contributed by atoms with Gasteiger partial charge in [-0.05, 0) is 61.6 Å². The topological polar surface area (TPSA) is 59.4 Å². The van der Waals surface area contributed by atoms with E-state index in [1.165, 1.54) is 0 Å². The van der Waals surface area contributed by atoms with E-state index in [9.17, 15) is 9.90 Å². The van der Waals surface area contributed by atoms with Gasteiger partial charge < -0.3 is 9.84 Å². The number of carboxylic acid groups (broad SMARTS) is 1. The quantitative estimate of drug-likeness (QED) is 0.906. The minimum Gasteiger partial charge on any atom is -0.477 e. The molecule has 0 spiro atoms. The Morgan fingerprint density at radius 1 is 1.33 bits per heavy atom. The van der Waals surface area contributed by atoms with Crippen LogP contribution in [-0.2, 0) is 12.8 Å². The van der Waals surface area contributed by atoms with Crippen molar-refractivity contribution in [2.45, 2.75) is 26.2 Å². The Hall–Kier alpha value is -1.88. The number of pyridine rings is 1. The van der Waals surface area contributed by atoms with Crippen LogP contribution in [0.2, 0.25) is 0 Å². The Morgan fingerprint density at radius 3 is 2.86 bits per heavy atom. The van der Waals surface area contributed by atoms with Gasteiger partial charge in [0.1, 0.15) is 11.3 Å². The fraction of sp³-hybridized carbons (Fsp3) is 0.250. The second-order valence-electron chi connectivity index (χ2n) is 5.12. The summed E-state index contributed by atoms with van der Waals surface area (Å²) in [4.78, 5) is 15.8. The fourth-order valence-electron chi connectivity index (χ4n) is 2.52. The van der Waals surface area contributed by atoms with Gasteiger partial charge in [0.05, 0.1) is 0 Å². The molecule has 5 heteroatoms. The summed E-state index contributed by atoms with van der Waals surface area (Å²) in [5, 5.41) is 9.36. The first kappa shape index (κ1) is 14.1. The van der Waals surface area contributed by atoms with Crippen LogP contribution < -0.4 is 4.74 Å². The van der Waals surface area contributed by atoms with Gasteiger partial charge in [-0.3, -0.25) is 0 Å². The molecule has 0 saturated heterocycles. The molecular weight excluding hydrogens is 334 g/mol. The second-order valence-corrected chi connectivity index (χ2v) is 6.03. The molecule has 2 aromatic rings. The van der Waals surface area contributed by atoms with Crippen molar-refractivity contribution in [2.24, 2.45) is 0 Å². The van der Waals surface area contributed by atoms with Crippen LogP contribution in [0.4, 0.5) is 0 Å². The number of rotatable bonds is 3. The lowest BCUT2D eigenvalue weighted by Crippen LogP contribution is -2.05. The zero-order valence-electron chi connectivity index (χ0n) is 11.5. The van der Waals surface area contributed by atoms with E-state index in [1.54, 1.807) is 12.1 Å². The number of aromatic carboxylic acids is 1. The molecule has 1 aliphatic carbocycles. The molecule has 1 N–H and O–H groups in total. The van der Waals surface area contributed by atoms with Gasteiger partial charge in [-0.25, -0.2) is 9.78 Å². The summed E-state index contributed by atoms with van der Waals surface area (Å²) in [6.07, 6.45) is 2.78. The summed E-state index contributed by atoms with van der Waals surface area (Å²) in [7, 11) is 0. The highest BCUT2D eigenvalue weighted by molar-refractivity contribution is 9.10. The first-order valence-corrected chi connectivity index (χ1v) is 7.54. The van der Waals surface area contributed by atoms with Gasteiger partial charge in [0, 0.05) is 10.2 Å². The number of ether oxygens (including phenoxy) is 1. The largest absolute Gasteiger partial charge is 0.477 e. The van der Waals surface area contributed by atoms with Crippen LogP contribution >= 0.6 is 15.9 Å². The maximum atomic E-state index is 11.4. The maximum Gasteiger partial charge on any atom is 0.341 e. The van der Waals surface area contributed by atoms with Crippen molar-refractivity contribution >= 4 is 21.9 Å². The molecule has 0 aliphatic heterocycles. The summed E-state index contributed by atoms with van der Waals surface area (Å²) < 4.78 is 6.72. The van der Waals surface area contributed by atoms with E-state index in [0.717, 1.165) is 40.6 Å². The highest BCUT2D eigenvalue weighted by atomic mass is 79.9. The monoisotopic (exact) mass is 347 g/mol. The molecule has 0 bridgehead atoms. The number of fused-ring (bicyclic) bond motifs is 1. The minimum atomic E-state index is -1.01. The predicted octanol–water partition coefficient (Wildman–Crippen LogP) is 4.13. The number of hydrogen-bond acceptors (Lipinski definition) is 3. The maximum absolute atomic E-state index is 11.4. The van der Waals surface area contributed by atoms with Crippen LogP contribution in [0.3, 0.4) is 0 Å². The molecule has 0 unspecified atom stereocenters. The molecule has 1 aromatic carbocycles. The molecule has 4 nitrogen and oxygen atoms in total. The van der Waals surface area contributed by atoms with Crippen molar-refractivity contribution in [1.29, 1.82) is 0 Å². The molecule has 3 rings (SSSR count). The number of carbonyl (C=O) groups is 1. The smallest absolute Gasteiger partial charge is 0.341 e. The molecule has 1 heterocycles. The van der Waals surface area contributed by atoms with E-state index in [0.29, 0.717) is 5.75 Å². The van der Waals surface area contributed by atoms with Crippen molar-refractivity contribution in [3.05, 3.63) is 51.1 Å². The second kappa shape index (κ2) is 5.48. The van der Waals surface area contributed by atoms with E-state index in [2.05, 4.69) is 20.9 Å². The molecule has 0 radical (unpaired) electrons. The van der Waals surface area contributed by atoms with Crippen LogP contribution in [0, 0.1) is 6.92 Å². The third kappa shape index (κ3) is 2.78. The third-order valence-electron chi connectivity index (χ3n) is 3.59. The van der Waals surface area contributed by atoms with Gasteiger partial charge in [-0.15, -0.1) is 0 Å². The standard InChI is InChI=1S/C16H14BrNO3/c1-9-7-11(17)5-6-14(9)21-15-12(16(19)20)8-10-3-2-4-13(10)18-15/h5-8H,2-4H2,1H3,(H,19,20). The Bertz CT molecular complexity index is 728. The van der Waals surface area contributed by atoms with Crippen LogP contribution in [0.1, 0.15) is 33.6 Å². The lowest BCUT2D eigenvalue weighted by molar-refractivity contribution is 0.0693. The van der Waals surface area contributed by atoms with Crippen LogP contribution in [0.5, 0.6) is 11.6 Å². The SMILES string of the molecule is Cc1cc(Br)ccc1Oc1nc2c(cc1C(=O)O)CCC2. The van der Waals surface area contributed by atoms with Crippen LogP contribution in [0.15, 0.2) is 28.7 Å². The number of aryl methyl sites for hydroxylation is 3. The highest BCUT2D eigenvalue weighted by Gasteiger charge is 2.21. The number of nitrogens with zero attached hydrogens (tertiary/aromatic N) is 1. The zero-order valence-corrected chi connectivity index (χ0v) is 13.1. The molecule has 1 aromatic heterocycles. The van der Waals surface area contributed by atoms with Crippen molar-refractivity contribution in [1.82, 2.24) is 4.98 Å². The van der Waals surface area contributed by atoms with Gasteiger partial charge in [-0.1, -0.05) is 15.9 Å². The summed E-state index contributed by atoms with van der Waals surface area (Å²) >= 11 is 3.39. The molecular formula is C16H14BrNO3. The zero-order chi connectivity index (χ0) is 15.0. The lowest BCUT2D eigenvalue weighted by atomic mass is 10.1. The van der Waals surface area contributed by atoms with E-state index in [-0.39, 0.29) is 11.4 Å². The normalized spacial score (nSPS) is 13.0. The molecule has 0 atom stereocenters. The highest BCUT2D eigenvalue weighted by Crippen LogP contribution is 2.32. The summed E-state index contributed by atoms with van der Waals surface area (Å²) in [6, 6.07) is 7.28. The van der Waals surface area contributed by atoms with E-state index in [1.807, 2.05) is 19.1 Å². The molecule has 0 amide bonds. The molecule has 0 saturated carbocycles. The molecule has 0 fully saturated rings. The molecule has 108 valence electrons. The van der Waals surface area contributed by atoms with Crippen molar-refractivity contribution in [2.75, 3.05) is 0 Å². The fourth-order valence-corrected chi connectivity index (χ4v) is 2.99. The first-order valence-electron chi connectivity index (χ1n) is 6.74. The van der Waals surface area contributed by atoms with Crippen molar-refractivity contribution in [3.8, 4) is 11.6 Å². The van der Waals surface area contributed by atoms with Crippen molar-refractivity contribution < 1.29 is 14.6 Å².